The molecule has 2 aromatic carbocycles. The molecule has 0 atom stereocenters. The summed E-state index contributed by atoms with van der Waals surface area (Å²) in [4.78, 5) is 12.3. The SMILES string of the molecule is COc1cccc2c1[N+]([O-])=C(c1ccccc1F)C2=O. The highest BCUT2D eigenvalue weighted by molar-refractivity contribution is 6.52. The lowest BCUT2D eigenvalue weighted by Crippen LogP contribution is -2.18. The molecule has 4 nitrogen and oxygen atoms in total. The maximum atomic E-state index is 13.8. The van der Waals surface area contributed by atoms with Crippen LogP contribution < -0.4 is 4.74 Å². The Morgan fingerprint density at radius 3 is 2.50 bits per heavy atom. The molecule has 0 saturated heterocycles. The fraction of sp³-hybridized carbons (Fsp3) is 0.0667. The van der Waals surface area contributed by atoms with Crippen molar-refractivity contribution in [1.29, 1.82) is 0 Å². The number of rotatable bonds is 2. The highest BCUT2D eigenvalue weighted by Crippen LogP contribution is 2.36. The Balaban J connectivity index is 2.27. The highest BCUT2D eigenvalue weighted by Gasteiger charge is 2.40. The minimum absolute atomic E-state index is 0.00856. The van der Waals surface area contributed by atoms with Crippen molar-refractivity contribution in [3.8, 4) is 5.75 Å². The zero-order chi connectivity index (χ0) is 14.3. The average Bonchev–Trinajstić information content (AvgIpc) is 2.72. The van der Waals surface area contributed by atoms with Gasteiger partial charge in [-0.2, -0.15) is 4.74 Å². The minimum atomic E-state index is -0.608. The molecule has 1 heterocycles. The van der Waals surface area contributed by atoms with Crippen LogP contribution in [0.4, 0.5) is 10.1 Å². The van der Waals surface area contributed by atoms with Crippen LogP contribution in [0.25, 0.3) is 0 Å². The van der Waals surface area contributed by atoms with Crippen molar-refractivity contribution >= 4 is 17.2 Å². The van der Waals surface area contributed by atoms with E-state index in [1.165, 1.54) is 31.4 Å². The average molecular weight is 271 g/mol. The Morgan fingerprint density at radius 2 is 1.80 bits per heavy atom. The summed E-state index contributed by atoms with van der Waals surface area (Å²) in [5.41, 5.74) is 0.115. The highest BCUT2D eigenvalue weighted by atomic mass is 19.1. The number of hydrogen-bond donors (Lipinski definition) is 0. The topological polar surface area (TPSA) is 52.4 Å². The fourth-order valence-corrected chi connectivity index (χ4v) is 2.30. The van der Waals surface area contributed by atoms with Gasteiger partial charge in [-0.15, -0.1) is 0 Å². The normalized spacial score (nSPS) is 13.6. The third-order valence-electron chi connectivity index (χ3n) is 3.21. The molecule has 0 unspecified atom stereocenters. The van der Waals surface area contributed by atoms with Gasteiger partial charge in [-0.05, 0) is 24.3 Å². The molecule has 0 amide bonds. The van der Waals surface area contributed by atoms with E-state index in [1.807, 2.05) is 0 Å². The summed E-state index contributed by atoms with van der Waals surface area (Å²) >= 11 is 0. The van der Waals surface area contributed by atoms with E-state index >= 15 is 0 Å². The van der Waals surface area contributed by atoms with Crippen LogP contribution in [-0.2, 0) is 0 Å². The number of methoxy groups -OCH3 is 1. The van der Waals surface area contributed by atoms with E-state index in [0.717, 1.165) is 0 Å². The van der Waals surface area contributed by atoms with E-state index in [1.54, 1.807) is 18.2 Å². The molecule has 0 radical (unpaired) electrons. The van der Waals surface area contributed by atoms with Gasteiger partial charge in [0, 0.05) is 0 Å². The summed E-state index contributed by atoms with van der Waals surface area (Å²) < 4.78 is 19.4. The van der Waals surface area contributed by atoms with Crippen molar-refractivity contribution < 1.29 is 18.7 Å². The third-order valence-corrected chi connectivity index (χ3v) is 3.21. The Labute approximate surface area is 114 Å². The lowest BCUT2D eigenvalue weighted by atomic mass is 10.0. The van der Waals surface area contributed by atoms with E-state index in [-0.39, 0.29) is 28.3 Å². The molecule has 0 N–H and O–H groups in total. The summed E-state index contributed by atoms with van der Waals surface area (Å²) in [6, 6.07) is 10.4. The van der Waals surface area contributed by atoms with Crippen LogP contribution in [0.2, 0.25) is 0 Å². The third kappa shape index (κ3) is 1.60. The van der Waals surface area contributed by atoms with Gasteiger partial charge in [0.1, 0.15) is 11.4 Å². The van der Waals surface area contributed by atoms with Crippen LogP contribution in [0.1, 0.15) is 15.9 Å². The Morgan fingerprint density at radius 1 is 1.10 bits per heavy atom. The zero-order valence-corrected chi connectivity index (χ0v) is 10.6. The van der Waals surface area contributed by atoms with Gasteiger partial charge in [-0.25, -0.2) is 4.39 Å². The number of fused-ring (bicyclic) bond motifs is 1. The van der Waals surface area contributed by atoms with E-state index in [4.69, 9.17) is 4.74 Å². The molecule has 20 heavy (non-hydrogen) atoms. The first-order chi connectivity index (χ1) is 9.65. The molecular weight excluding hydrogens is 261 g/mol. The predicted molar refractivity (Wildman–Crippen MR) is 71.1 cm³/mol. The lowest BCUT2D eigenvalue weighted by molar-refractivity contribution is -0.356. The Hall–Kier alpha value is -2.69. The molecule has 0 bridgehead atoms. The summed E-state index contributed by atoms with van der Waals surface area (Å²) in [5.74, 6) is -0.820. The molecule has 2 aromatic rings. The largest absolute Gasteiger partial charge is 0.618 e. The van der Waals surface area contributed by atoms with Gasteiger partial charge in [-0.1, -0.05) is 18.2 Å². The second-order valence-corrected chi connectivity index (χ2v) is 4.31. The maximum Gasteiger partial charge on any atom is 0.276 e. The van der Waals surface area contributed by atoms with Gasteiger partial charge in [0.25, 0.3) is 17.2 Å². The number of carbonyl (C=O) groups excluding carboxylic acids is 1. The number of ether oxygens (including phenoxy) is 1. The van der Waals surface area contributed by atoms with Crippen molar-refractivity contribution in [1.82, 2.24) is 0 Å². The number of para-hydroxylation sites is 1. The van der Waals surface area contributed by atoms with Crippen molar-refractivity contribution in [3.05, 3.63) is 64.6 Å². The van der Waals surface area contributed by atoms with Crippen LogP contribution in [0.3, 0.4) is 0 Å². The number of Topliss-reactive ketones (excluding diaryl/α,β-unsaturated/α-hetero) is 1. The van der Waals surface area contributed by atoms with Crippen LogP contribution in [0, 0.1) is 11.0 Å². The van der Waals surface area contributed by atoms with Gasteiger partial charge in [-0.3, -0.25) is 4.79 Å². The second-order valence-electron chi connectivity index (χ2n) is 4.31. The molecule has 3 rings (SSSR count). The van der Waals surface area contributed by atoms with Crippen molar-refractivity contribution in [2.45, 2.75) is 0 Å². The fourth-order valence-electron chi connectivity index (χ4n) is 2.30. The van der Waals surface area contributed by atoms with Gasteiger partial charge in [0.05, 0.1) is 12.7 Å². The number of hydrogen-bond acceptors (Lipinski definition) is 3. The molecule has 0 saturated carbocycles. The first kappa shape index (κ1) is 12.3. The molecule has 5 heteroatoms. The summed E-state index contributed by atoms with van der Waals surface area (Å²) in [6.07, 6.45) is 0. The molecule has 100 valence electrons. The van der Waals surface area contributed by atoms with Gasteiger partial charge in [0.2, 0.25) is 0 Å². The summed E-state index contributed by atoms with van der Waals surface area (Å²) in [7, 11) is 1.41. The Kier molecular flexibility index (Phi) is 2.75. The van der Waals surface area contributed by atoms with Crippen LogP contribution in [-0.4, -0.2) is 23.3 Å². The molecule has 0 fully saturated rings. The van der Waals surface area contributed by atoms with E-state index in [0.29, 0.717) is 4.74 Å². The van der Waals surface area contributed by atoms with Gasteiger partial charge in [0.15, 0.2) is 5.75 Å². The van der Waals surface area contributed by atoms with Gasteiger partial charge >= 0.3 is 0 Å². The molecule has 0 aliphatic carbocycles. The smallest absolute Gasteiger partial charge is 0.276 e. The minimum Gasteiger partial charge on any atom is -0.618 e. The van der Waals surface area contributed by atoms with Gasteiger partial charge < -0.3 is 9.94 Å². The Bertz CT molecular complexity index is 753. The number of nitrogens with zero attached hydrogens (tertiary/aromatic N) is 1. The summed E-state index contributed by atoms with van der Waals surface area (Å²) in [5, 5.41) is 12.4. The first-order valence-corrected chi connectivity index (χ1v) is 5.96. The molecule has 1 aliphatic heterocycles. The molecular formula is C15H10FNO3. The van der Waals surface area contributed by atoms with Crippen LogP contribution >= 0.6 is 0 Å². The van der Waals surface area contributed by atoms with Crippen molar-refractivity contribution in [2.75, 3.05) is 7.11 Å². The zero-order valence-electron chi connectivity index (χ0n) is 10.6. The van der Waals surface area contributed by atoms with E-state index in [9.17, 15) is 14.4 Å². The number of carbonyl (C=O) groups is 1. The number of ketones is 1. The quantitative estimate of drug-likeness (QED) is 0.623. The van der Waals surface area contributed by atoms with Crippen LogP contribution in [0.5, 0.6) is 5.75 Å². The molecule has 1 aliphatic rings. The number of benzene rings is 2. The van der Waals surface area contributed by atoms with Crippen molar-refractivity contribution in [3.63, 3.8) is 0 Å². The lowest BCUT2D eigenvalue weighted by Gasteiger charge is -2.06. The molecule has 0 spiro atoms. The van der Waals surface area contributed by atoms with E-state index < -0.39 is 11.6 Å². The standard InChI is InChI=1S/C15H10FNO3/c1-20-12-8-4-6-10-13(12)17(19)14(15(10)18)9-5-2-3-7-11(9)16/h2-8H,1H3. The summed E-state index contributed by atoms with van der Waals surface area (Å²) in [6.45, 7) is 0. The number of halogens is 1. The second kappa shape index (κ2) is 4.45. The molecule has 0 aromatic heterocycles. The van der Waals surface area contributed by atoms with Crippen LogP contribution in [0.15, 0.2) is 42.5 Å². The first-order valence-electron chi connectivity index (χ1n) is 5.96. The maximum absolute atomic E-state index is 13.8. The van der Waals surface area contributed by atoms with Crippen molar-refractivity contribution in [2.24, 2.45) is 0 Å². The van der Waals surface area contributed by atoms with E-state index in [2.05, 4.69) is 0 Å². The monoisotopic (exact) mass is 271 g/mol. The predicted octanol–water partition coefficient (Wildman–Crippen LogP) is 2.66.